The molecule has 5 heteroatoms. The third kappa shape index (κ3) is 6.37. The number of ketones is 1. The van der Waals surface area contributed by atoms with Gasteiger partial charge < -0.3 is 10.0 Å². The molecule has 1 heterocycles. The van der Waals surface area contributed by atoms with Gasteiger partial charge in [0.25, 0.3) is 0 Å². The zero-order valence-corrected chi connectivity index (χ0v) is 16.5. The quantitative estimate of drug-likeness (QED) is 0.742. The summed E-state index contributed by atoms with van der Waals surface area (Å²) in [6.45, 7) is 7.97. The van der Waals surface area contributed by atoms with Crippen LogP contribution in [0.3, 0.4) is 0 Å². The number of benzene rings is 1. The van der Waals surface area contributed by atoms with Gasteiger partial charge in [0.05, 0.1) is 16.4 Å². The van der Waals surface area contributed by atoms with Crippen molar-refractivity contribution in [2.75, 3.05) is 18.8 Å². The van der Waals surface area contributed by atoms with E-state index < -0.39 is 5.97 Å². The third-order valence-corrected chi connectivity index (χ3v) is 5.32. The van der Waals surface area contributed by atoms with Gasteiger partial charge in [-0.3, -0.25) is 4.79 Å². The molecule has 0 saturated carbocycles. The fourth-order valence-corrected chi connectivity index (χ4v) is 3.70. The Balaban J connectivity index is 2.05. The molecule has 1 aromatic carbocycles. The van der Waals surface area contributed by atoms with E-state index in [1.165, 1.54) is 11.8 Å². The number of Topliss-reactive ketones (excluding diaryl/α,β-unsaturated/α-hetero) is 1. The lowest BCUT2D eigenvalue weighted by molar-refractivity contribution is -0.132. The molecule has 2 rings (SSSR count). The molecular formula is C21H27NO3S. The van der Waals surface area contributed by atoms with E-state index in [0.717, 1.165) is 18.5 Å². The van der Waals surface area contributed by atoms with Crippen molar-refractivity contribution in [2.45, 2.75) is 33.6 Å². The number of carbonyl (C=O) groups excluding carboxylic acids is 1. The van der Waals surface area contributed by atoms with Crippen LogP contribution in [-0.2, 0) is 16.0 Å². The maximum Gasteiger partial charge on any atom is 0.338 e. The Hall–Kier alpha value is -2.01. The van der Waals surface area contributed by atoms with Gasteiger partial charge in [-0.25, -0.2) is 4.79 Å². The molecule has 140 valence electrons. The summed E-state index contributed by atoms with van der Waals surface area (Å²) in [5.41, 5.74) is 1.44. The van der Waals surface area contributed by atoms with E-state index >= 15 is 0 Å². The zero-order valence-electron chi connectivity index (χ0n) is 15.7. The highest BCUT2D eigenvalue weighted by Crippen LogP contribution is 2.30. The molecule has 1 aliphatic rings. The van der Waals surface area contributed by atoms with E-state index in [9.17, 15) is 14.7 Å². The average Bonchev–Trinajstić information content (AvgIpc) is 2.58. The van der Waals surface area contributed by atoms with Gasteiger partial charge in [-0.2, -0.15) is 0 Å². The molecule has 1 N–H and O–H groups in total. The number of thioether (sulfide) groups is 1. The van der Waals surface area contributed by atoms with Crippen molar-refractivity contribution in [3.63, 3.8) is 0 Å². The maximum atomic E-state index is 12.3. The predicted molar refractivity (Wildman–Crippen MR) is 107 cm³/mol. The van der Waals surface area contributed by atoms with Crippen molar-refractivity contribution in [3.05, 3.63) is 58.6 Å². The first-order valence-corrected chi connectivity index (χ1v) is 9.82. The van der Waals surface area contributed by atoms with Gasteiger partial charge in [0.15, 0.2) is 0 Å². The summed E-state index contributed by atoms with van der Waals surface area (Å²) in [7, 11) is 0. The molecule has 0 fully saturated rings. The zero-order chi connectivity index (χ0) is 19.2. The van der Waals surface area contributed by atoms with Crippen LogP contribution in [-0.4, -0.2) is 40.6 Å². The van der Waals surface area contributed by atoms with Crippen LogP contribution in [0.5, 0.6) is 0 Å². The Morgan fingerprint density at radius 2 is 1.88 bits per heavy atom. The number of carbonyl (C=O) groups is 2. The van der Waals surface area contributed by atoms with Crippen LogP contribution >= 0.6 is 11.8 Å². The number of hydrogen-bond acceptors (Lipinski definition) is 4. The third-order valence-electron chi connectivity index (χ3n) is 4.10. The highest BCUT2D eigenvalue weighted by Gasteiger charge is 2.23. The fraction of sp³-hybridized carbons (Fsp3) is 0.429. The van der Waals surface area contributed by atoms with E-state index in [4.69, 9.17) is 0 Å². The van der Waals surface area contributed by atoms with Crippen molar-refractivity contribution in [3.8, 4) is 0 Å². The maximum absolute atomic E-state index is 12.3. The van der Waals surface area contributed by atoms with Gasteiger partial charge in [-0.1, -0.05) is 68.9 Å². The van der Waals surface area contributed by atoms with Gasteiger partial charge in [0.1, 0.15) is 5.78 Å². The number of rotatable bonds is 8. The summed E-state index contributed by atoms with van der Waals surface area (Å²) < 4.78 is 0. The van der Waals surface area contributed by atoms with Gasteiger partial charge >= 0.3 is 5.97 Å². The van der Waals surface area contributed by atoms with E-state index in [0.29, 0.717) is 18.0 Å². The predicted octanol–water partition coefficient (Wildman–Crippen LogP) is 4.14. The number of carboxylic acid groups (broad SMARTS) is 1. The van der Waals surface area contributed by atoms with Gasteiger partial charge in [-0.05, 0) is 23.5 Å². The molecule has 1 aromatic rings. The Morgan fingerprint density at radius 1 is 1.19 bits per heavy atom. The van der Waals surface area contributed by atoms with Crippen LogP contribution in [0.25, 0.3) is 0 Å². The molecule has 0 spiro atoms. The van der Waals surface area contributed by atoms with Crippen LogP contribution in [0, 0.1) is 5.41 Å². The summed E-state index contributed by atoms with van der Waals surface area (Å²) in [6, 6.07) is 9.63. The van der Waals surface area contributed by atoms with E-state index in [2.05, 4.69) is 25.7 Å². The summed E-state index contributed by atoms with van der Waals surface area (Å²) in [4.78, 5) is 26.0. The minimum Gasteiger partial charge on any atom is -0.478 e. The van der Waals surface area contributed by atoms with Crippen LogP contribution in [0.15, 0.2) is 53.1 Å². The van der Waals surface area contributed by atoms with Crippen molar-refractivity contribution < 1.29 is 14.7 Å². The van der Waals surface area contributed by atoms with Crippen LogP contribution < -0.4 is 0 Å². The Morgan fingerprint density at radius 3 is 2.50 bits per heavy atom. The van der Waals surface area contributed by atoms with Crippen molar-refractivity contribution in [2.24, 2.45) is 5.41 Å². The second-order valence-corrected chi connectivity index (χ2v) is 8.64. The first-order chi connectivity index (χ1) is 12.3. The molecule has 0 bridgehead atoms. The first kappa shape index (κ1) is 20.3. The molecule has 0 saturated heterocycles. The molecule has 26 heavy (non-hydrogen) atoms. The van der Waals surface area contributed by atoms with Crippen LogP contribution in [0.2, 0.25) is 0 Å². The first-order valence-electron chi connectivity index (χ1n) is 8.84. The van der Waals surface area contributed by atoms with E-state index in [-0.39, 0.29) is 22.5 Å². The smallest absolute Gasteiger partial charge is 0.338 e. The summed E-state index contributed by atoms with van der Waals surface area (Å²) in [6.07, 6.45) is 4.86. The monoisotopic (exact) mass is 373 g/mol. The van der Waals surface area contributed by atoms with Gasteiger partial charge in [0.2, 0.25) is 0 Å². The number of hydrogen-bond donors (Lipinski definition) is 1. The summed E-state index contributed by atoms with van der Waals surface area (Å²) >= 11 is 1.34. The molecule has 1 aliphatic heterocycles. The largest absolute Gasteiger partial charge is 0.478 e. The number of nitrogens with zero attached hydrogens (tertiary/aromatic N) is 1. The Kier molecular flexibility index (Phi) is 7.09. The van der Waals surface area contributed by atoms with Crippen molar-refractivity contribution >= 4 is 23.5 Å². The van der Waals surface area contributed by atoms with Crippen LogP contribution in [0.4, 0.5) is 0 Å². The van der Waals surface area contributed by atoms with Gasteiger partial charge in [0, 0.05) is 19.5 Å². The molecule has 0 atom stereocenters. The topological polar surface area (TPSA) is 57.6 Å². The molecule has 0 amide bonds. The number of carboxylic acids is 1. The van der Waals surface area contributed by atoms with Crippen molar-refractivity contribution in [1.29, 1.82) is 0 Å². The SMILES string of the molecule is CC(C)(C)CCN1CC=CC(C(=O)O)=C1SCC(=O)Cc1ccccc1. The highest BCUT2D eigenvalue weighted by atomic mass is 32.2. The molecule has 0 unspecified atom stereocenters. The Labute approximate surface area is 160 Å². The molecule has 4 nitrogen and oxygen atoms in total. The fourth-order valence-electron chi connectivity index (χ4n) is 2.64. The average molecular weight is 374 g/mol. The summed E-state index contributed by atoms with van der Waals surface area (Å²) in [5, 5.41) is 10.2. The van der Waals surface area contributed by atoms with Gasteiger partial charge in [-0.15, -0.1) is 0 Å². The molecule has 0 radical (unpaired) electrons. The van der Waals surface area contributed by atoms with E-state index in [1.807, 2.05) is 36.4 Å². The highest BCUT2D eigenvalue weighted by molar-refractivity contribution is 8.03. The molecule has 0 aromatic heterocycles. The Bertz CT molecular complexity index is 702. The second-order valence-electron chi connectivity index (χ2n) is 7.67. The number of aliphatic carboxylic acids is 1. The minimum absolute atomic E-state index is 0.101. The minimum atomic E-state index is -0.945. The lowest BCUT2D eigenvalue weighted by atomic mass is 9.92. The van der Waals surface area contributed by atoms with Crippen LogP contribution in [0.1, 0.15) is 32.8 Å². The standard InChI is InChI=1S/C21H27NO3S/c1-21(2,3)11-13-22-12-7-10-18(20(24)25)19(22)26-15-17(23)14-16-8-5-4-6-9-16/h4-10H,11-15H2,1-3H3,(H,24,25). The summed E-state index contributed by atoms with van der Waals surface area (Å²) in [5.74, 6) is -0.565. The van der Waals surface area contributed by atoms with Crippen molar-refractivity contribution in [1.82, 2.24) is 4.90 Å². The lowest BCUT2D eigenvalue weighted by Gasteiger charge is -2.32. The second kappa shape index (κ2) is 9.08. The molecular weight excluding hydrogens is 346 g/mol. The van der Waals surface area contributed by atoms with E-state index in [1.54, 1.807) is 6.08 Å². The lowest BCUT2D eigenvalue weighted by Crippen LogP contribution is -2.30. The molecule has 0 aliphatic carbocycles. The normalized spacial score (nSPS) is 14.7.